The minimum Gasteiger partial charge on any atom is -0.495 e. The first-order valence-corrected chi connectivity index (χ1v) is 12.7. The molecule has 0 bridgehead atoms. The van der Waals surface area contributed by atoms with Crippen molar-refractivity contribution in [1.82, 2.24) is 0 Å². The van der Waals surface area contributed by atoms with E-state index in [0.717, 1.165) is 11.1 Å². The molecule has 0 atom stereocenters. The Morgan fingerprint density at radius 3 is 2.38 bits per heavy atom. The molecule has 1 heterocycles. The van der Waals surface area contributed by atoms with Crippen molar-refractivity contribution in [3.8, 4) is 17.2 Å². The second-order valence-corrected chi connectivity index (χ2v) is 10.5. The molecule has 4 rings (SSSR count). The van der Waals surface area contributed by atoms with Crippen LogP contribution in [0.2, 0.25) is 5.02 Å². The molecule has 1 saturated heterocycles. The number of nitrogens with zero attached hydrogens (tertiary/aromatic N) is 1. The first-order valence-electron chi connectivity index (χ1n) is 10.1. The molecule has 0 aromatic heterocycles. The van der Waals surface area contributed by atoms with Crippen LogP contribution in [0.1, 0.15) is 11.1 Å². The lowest BCUT2D eigenvalue weighted by molar-refractivity contribution is -0.113. The summed E-state index contributed by atoms with van der Waals surface area (Å²) in [4.78, 5) is 15.1. The Bertz CT molecular complexity index is 1280. The molecule has 1 fully saturated rings. The van der Waals surface area contributed by atoms with Gasteiger partial charge in [0.2, 0.25) is 0 Å². The van der Waals surface area contributed by atoms with Crippen molar-refractivity contribution in [2.24, 2.45) is 0 Å². The fourth-order valence-corrected chi connectivity index (χ4v) is 5.18. The number of amides is 1. The second kappa shape index (κ2) is 11.0. The van der Waals surface area contributed by atoms with Gasteiger partial charge in [-0.3, -0.25) is 9.69 Å². The summed E-state index contributed by atoms with van der Waals surface area (Å²) in [7, 11) is 3.12. The molecule has 0 unspecified atom stereocenters. The van der Waals surface area contributed by atoms with E-state index in [4.69, 9.17) is 38.0 Å². The third kappa shape index (κ3) is 5.51. The van der Waals surface area contributed by atoms with Crippen LogP contribution in [-0.4, -0.2) is 24.4 Å². The summed E-state index contributed by atoms with van der Waals surface area (Å²) in [5, 5.41) is 0.406. The van der Waals surface area contributed by atoms with Crippen molar-refractivity contribution in [2.45, 2.75) is 6.61 Å². The number of ether oxygens (including phenoxy) is 3. The molecule has 0 aliphatic carbocycles. The summed E-state index contributed by atoms with van der Waals surface area (Å²) < 4.78 is 18.3. The van der Waals surface area contributed by atoms with E-state index in [0.29, 0.717) is 43.8 Å². The minimum atomic E-state index is -0.214. The first kappa shape index (κ1) is 24.8. The van der Waals surface area contributed by atoms with Crippen molar-refractivity contribution in [1.29, 1.82) is 0 Å². The Balaban J connectivity index is 1.53. The van der Waals surface area contributed by atoms with E-state index in [1.54, 1.807) is 31.4 Å². The summed E-state index contributed by atoms with van der Waals surface area (Å²) in [6, 6.07) is 18.8. The van der Waals surface area contributed by atoms with E-state index in [1.807, 2.05) is 42.5 Å². The highest BCUT2D eigenvalue weighted by atomic mass is 127. The van der Waals surface area contributed by atoms with Gasteiger partial charge in [0.1, 0.15) is 12.4 Å². The summed E-state index contributed by atoms with van der Waals surface area (Å²) >= 11 is 15.2. The predicted molar refractivity (Wildman–Crippen MR) is 150 cm³/mol. The number of benzene rings is 3. The summed E-state index contributed by atoms with van der Waals surface area (Å²) in [5.41, 5.74) is 2.45. The van der Waals surface area contributed by atoms with E-state index in [9.17, 15) is 4.79 Å². The van der Waals surface area contributed by atoms with Gasteiger partial charge in [-0.15, -0.1) is 0 Å². The maximum atomic E-state index is 13.1. The molecule has 3 aromatic carbocycles. The van der Waals surface area contributed by atoms with Gasteiger partial charge in [-0.2, -0.15) is 0 Å². The van der Waals surface area contributed by atoms with Crippen LogP contribution in [0.15, 0.2) is 65.6 Å². The minimum absolute atomic E-state index is 0.214. The maximum absolute atomic E-state index is 13.1. The second-order valence-electron chi connectivity index (χ2n) is 7.16. The fraction of sp³-hybridized carbons (Fsp3) is 0.120. The van der Waals surface area contributed by atoms with Crippen LogP contribution >= 0.6 is 58.2 Å². The van der Waals surface area contributed by atoms with Crippen LogP contribution in [0.5, 0.6) is 17.2 Å². The van der Waals surface area contributed by atoms with Crippen molar-refractivity contribution >= 4 is 80.2 Å². The Morgan fingerprint density at radius 2 is 1.71 bits per heavy atom. The fourth-order valence-electron chi connectivity index (χ4n) is 3.27. The van der Waals surface area contributed by atoms with E-state index >= 15 is 0 Å². The zero-order valence-corrected chi connectivity index (χ0v) is 22.8. The molecular weight excluding hydrogens is 605 g/mol. The summed E-state index contributed by atoms with van der Waals surface area (Å²) in [5.74, 6) is 1.52. The van der Waals surface area contributed by atoms with Crippen LogP contribution in [0.4, 0.5) is 5.69 Å². The third-order valence-electron chi connectivity index (χ3n) is 4.98. The highest BCUT2D eigenvalue weighted by Gasteiger charge is 2.33. The molecule has 1 aliphatic heterocycles. The number of halogens is 2. The van der Waals surface area contributed by atoms with Crippen LogP contribution in [0.3, 0.4) is 0 Å². The quantitative estimate of drug-likeness (QED) is 0.161. The smallest absolute Gasteiger partial charge is 0.270 e. The Morgan fingerprint density at radius 1 is 1.00 bits per heavy atom. The Kier molecular flexibility index (Phi) is 8.02. The van der Waals surface area contributed by atoms with E-state index in [1.165, 1.54) is 27.3 Å². The molecular formula is C25H19ClINO4S2. The molecule has 1 amide bonds. The van der Waals surface area contributed by atoms with Gasteiger partial charge in [-0.1, -0.05) is 53.8 Å². The molecule has 34 heavy (non-hydrogen) atoms. The number of hydrogen-bond donors (Lipinski definition) is 0. The van der Waals surface area contributed by atoms with Gasteiger partial charge < -0.3 is 14.2 Å². The van der Waals surface area contributed by atoms with Gasteiger partial charge in [0, 0.05) is 3.57 Å². The van der Waals surface area contributed by atoms with Crippen molar-refractivity contribution in [2.75, 3.05) is 19.1 Å². The van der Waals surface area contributed by atoms with Crippen molar-refractivity contribution in [3.05, 3.63) is 85.3 Å². The molecule has 0 N–H and O–H groups in total. The molecule has 3 aromatic rings. The predicted octanol–water partition coefficient (Wildman–Crippen LogP) is 6.95. The van der Waals surface area contributed by atoms with Gasteiger partial charge in [-0.25, -0.2) is 0 Å². The lowest BCUT2D eigenvalue weighted by Crippen LogP contribution is -2.27. The van der Waals surface area contributed by atoms with Crippen LogP contribution < -0.4 is 19.1 Å². The number of anilines is 1. The number of rotatable bonds is 7. The normalized spacial score (nSPS) is 14.6. The SMILES string of the molecule is COc1ccc(N2C(=O)/C(=C/c3ccc(OCc4ccc(I)cc4)c(OC)c3)SC2=S)cc1Cl. The van der Waals surface area contributed by atoms with Crippen LogP contribution in [-0.2, 0) is 11.4 Å². The van der Waals surface area contributed by atoms with Gasteiger partial charge in [-0.05, 0) is 82.3 Å². The zero-order chi connectivity index (χ0) is 24.2. The Hall–Kier alpha value is -2.27. The standard InChI is InChI=1S/C25H19ClINO4S2/c1-30-20-10-8-18(13-19(20)26)28-24(29)23(34-25(28)33)12-16-5-9-21(22(11-16)31-2)32-14-15-3-6-17(27)7-4-15/h3-13H,14H2,1-2H3/b23-12-. The number of carbonyl (C=O) groups is 1. The number of thiocarbonyl (C=S) groups is 1. The number of carbonyl (C=O) groups excluding carboxylic acids is 1. The summed E-state index contributed by atoms with van der Waals surface area (Å²) in [6.45, 7) is 0.426. The van der Waals surface area contributed by atoms with Crippen molar-refractivity contribution in [3.63, 3.8) is 0 Å². The lowest BCUT2D eigenvalue weighted by Gasteiger charge is -2.15. The first-order chi connectivity index (χ1) is 16.4. The summed E-state index contributed by atoms with van der Waals surface area (Å²) in [6.07, 6.45) is 1.79. The number of methoxy groups -OCH3 is 2. The van der Waals surface area contributed by atoms with Crippen LogP contribution in [0.25, 0.3) is 6.08 Å². The highest BCUT2D eigenvalue weighted by Crippen LogP contribution is 2.39. The van der Waals surface area contributed by atoms with Crippen LogP contribution in [0, 0.1) is 3.57 Å². The zero-order valence-electron chi connectivity index (χ0n) is 18.2. The highest BCUT2D eigenvalue weighted by molar-refractivity contribution is 14.1. The number of hydrogen-bond acceptors (Lipinski definition) is 6. The average Bonchev–Trinajstić information content (AvgIpc) is 3.11. The van der Waals surface area contributed by atoms with Gasteiger partial charge in [0.25, 0.3) is 5.91 Å². The Labute approximate surface area is 226 Å². The van der Waals surface area contributed by atoms with E-state index in [-0.39, 0.29) is 5.91 Å². The molecule has 9 heteroatoms. The molecule has 0 radical (unpaired) electrons. The molecule has 1 aliphatic rings. The van der Waals surface area contributed by atoms with Gasteiger partial charge in [0.05, 0.1) is 29.8 Å². The van der Waals surface area contributed by atoms with E-state index in [2.05, 4.69) is 22.6 Å². The third-order valence-corrected chi connectivity index (χ3v) is 7.30. The van der Waals surface area contributed by atoms with Gasteiger partial charge >= 0.3 is 0 Å². The topological polar surface area (TPSA) is 48.0 Å². The molecule has 0 spiro atoms. The number of thioether (sulfide) groups is 1. The molecule has 5 nitrogen and oxygen atoms in total. The van der Waals surface area contributed by atoms with Crippen molar-refractivity contribution < 1.29 is 19.0 Å². The molecule has 0 saturated carbocycles. The molecule has 174 valence electrons. The maximum Gasteiger partial charge on any atom is 0.270 e. The van der Waals surface area contributed by atoms with E-state index < -0.39 is 0 Å². The van der Waals surface area contributed by atoms with Gasteiger partial charge in [0.15, 0.2) is 15.8 Å². The lowest BCUT2D eigenvalue weighted by atomic mass is 10.1. The monoisotopic (exact) mass is 623 g/mol. The largest absolute Gasteiger partial charge is 0.495 e. The average molecular weight is 624 g/mol.